The Balaban J connectivity index is 1.39. The summed E-state index contributed by atoms with van der Waals surface area (Å²) in [6.45, 7) is 2.73. The highest BCUT2D eigenvalue weighted by atomic mass is 16.5. The Hall–Kier alpha value is -2.05. The molecule has 28 heavy (non-hydrogen) atoms. The zero-order valence-electron chi connectivity index (χ0n) is 16.6. The van der Waals surface area contributed by atoms with Crippen molar-refractivity contribution in [2.45, 2.75) is 44.2 Å². The second kappa shape index (κ2) is 8.13. The highest BCUT2D eigenvalue weighted by molar-refractivity contribution is 5.87. The number of benzene rings is 1. The molecule has 2 fully saturated rings. The van der Waals surface area contributed by atoms with E-state index in [0.29, 0.717) is 26.1 Å². The van der Waals surface area contributed by atoms with E-state index in [9.17, 15) is 9.90 Å². The number of fused-ring (bicyclic) bond motifs is 2. The average Bonchev–Trinajstić information content (AvgIpc) is 3.13. The maximum atomic E-state index is 12.7. The van der Waals surface area contributed by atoms with Gasteiger partial charge in [0, 0.05) is 44.2 Å². The summed E-state index contributed by atoms with van der Waals surface area (Å²) in [4.78, 5) is 14.6. The molecule has 0 radical (unpaired) electrons. The molecule has 1 aromatic heterocycles. The van der Waals surface area contributed by atoms with Gasteiger partial charge in [0.2, 0.25) is 0 Å². The maximum absolute atomic E-state index is 12.7. The van der Waals surface area contributed by atoms with Gasteiger partial charge < -0.3 is 24.0 Å². The van der Waals surface area contributed by atoms with E-state index in [-0.39, 0.29) is 18.4 Å². The number of carbonyl (C=O) groups excluding carboxylic acids is 1. The predicted molar refractivity (Wildman–Crippen MR) is 107 cm³/mol. The zero-order chi connectivity index (χ0) is 19.6. The van der Waals surface area contributed by atoms with Crippen LogP contribution in [0.5, 0.6) is 5.75 Å². The lowest BCUT2D eigenvalue weighted by Crippen LogP contribution is -2.55. The minimum Gasteiger partial charge on any atom is -0.483 e. The molecule has 0 bridgehead atoms. The minimum absolute atomic E-state index is 0.00319. The van der Waals surface area contributed by atoms with E-state index in [1.807, 2.05) is 35.4 Å². The second-order valence-corrected chi connectivity index (χ2v) is 8.12. The number of hydrogen-bond acceptors (Lipinski definition) is 4. The molecule has 2 heterocycles. The molecule has 152 valence electrons. The standard InChI is InChI=1S/C22H30N2O4/c1-27-14-13-23-11-8-18-19(23)6-4-7-20(18)28-16-21(25)24-12-10-22(26)9-3-2-5-17(22)15-24/h4,6-8,11,17,26H,2-3,5,9-10,12-16H2,1H3/t17-,22+/m0/s1. The van der Waals surface area contributed by atoms with E-state index in [1.54, 1.807) is 7.11 Å². The fraction of sp³-hybridized carbons (Fsp3) is 0.591. The Morgan fingerprint density at radius 3 is 3.04 bits per heavy atom. The van der Waals surface area contributed by atoms with Crippen molar-refractivity contribution in [1.82, 2.24) is 9.47 Å². The second-order valence-electron chi connectivity index (χ2n) is 8.12. The van der Waals surface area contributed by atoms with Gasteiger partial charge in [-0.1, -0.05) is 18.9 Å². The Bertz CT molecular complexity index is 833. The summed E-state index contributed by atoms with van der Waals surface area (Å²) in [5, 5.41) is 11.8. The smallest absolute Gasteiger partial charge is 0.260 e. The summed E-state index contributed by atoms with van der Waals surface area (Å²) in [5.74, 6) is 0.939. The molecule has 2 aromatic rings. The third kappa shape index (κ3) is 3.76. The summed E-state index contributed by atoms with van der Waals surface area (Å²) in [7, 11) is 1.70. The topological polar surface area (TPSA) is 63.9 Å². The number of methoxy groups -OCH3 is 1. The van der Waals surface area contributed by atoms with Gasteiger partial charge in [0.1, 0.15) is 5.75 Å². The van der Waals surface area contributed by atoms with Crippen molar-refractivity contribution in [1.29, 1.82) is 0 Å². The van der Waals surface area contributed by atoms with Gasteiger partial charge >= 0.3 is 0 Å². The normalized spacial score (nSPS) is 24.9. The minimum atomic E-state index is -0.563. The molecule has 1 aromatic carbocycles. The van der Waals surface area contributed by atoms with Crippen molar-refractivity contribution in [3.05, 3.63) is 30.5 Å². The average molecular weight is 386 g/mol. The molecule has 1 amide bonds. The van der Waals surface area contributed by atoms with Crippen molar-refractivity contribution < 1.29 is 19.4 Å². The Morgan fingerprint density at radius 1 is 1.29 bits per heavy atom. The lowest BCUT2D eigenvalue weighted by Gasteiger charge is -2.47. The molecule has 0 unspecified atom stereocenters. The molecule has 0 spiro atoms. The van der Waals surface area contributed by atoms with Crippen LogP contribution >= 0.6 is 0 Å². The molecule has 1 saturated heterocycles. The quantitative estimate of drug-likeness (QED) is 0.829. The molecule has 2 aliphatic rings. The summed E-state index contributed by atoms with van der Waals surface area (Å²) in [6, 6.07) is 7.93. The lowest BCUT2D eigenvalue weighted by atomic mass is 9.71. The van der Waals surface area contributed by atoms with Gasteiger partial charge in [0.15, 0.2) is 6.61 Å². The van der Waals surface area contributed by atoms with Crippen molar-refractivity contribution in [3.8, 4) is 5.75 Å². The van der Waals surface area contributed by atoms with Gasteiger partial charge in [0.05, 0.1) is 17.7 Å². The van der Waals surface area contributed by atoms with Crippen molar-refractivity contribution in [3.63, 3.8) is 0 Å². The molecule has 4 rings (SSSR count). The van der Waals surface area contributed by atoms with Gasteiger partial charge in [-0.3, -0.25) is 4.79 Å². The van der Waals surface area contributed by atoms with Crippen LogP contribution in [0, 0.1) is 5.92 Å². The number of piperidine rings is 1. The predicted octanol–water partition coefficient (Wildman–Crippen LogP) is 2.82. The fourth-order valence-electron chi connectivity index (χ4n) is 4.73. The van der Waals surface area contributed by atoms with Gasteiger partial charge in [-0.2, -0.15) is 0 Å². The lowest BCUT2D eigenvalue weighted by molar-refractivity contribution is -0.145. The number of rotatable bonds is 6. The molecule has 1 aliphatic carbocycles. The van der Waals surface area contributed by atoms with E-state index in [2.05, 4.69) is 4.57 Å². The molecule has 6 nitrogen and oxygen atoms in total. The number of aliphatic hydroxyl groups is 1. The van der Waals surface area contributed by atoms with Crippen LogP contribution < -0.4 is 4.74 Å². The molecule has 1 N–H and O–H groups in total. The van der Waals surface area contributed by atoms with Gasteiger partial charge in [0.25, 0.3) is 5.91 Å². The number of nitrogens with zero attached hydrogens (tertiary/aromatic N) is 2. The van der Waals surface area contributed by atoms with Crippen LogP contribution in [0.1, 0.15) is 32.1 Å². The largest absolute Gasteiger partial charge is 0.483 e. The molecular weight excluding hydrogens is 356 g/mol. The number of aromatic nitrogens is 1. The number of carbonyl (C=O) groups is 1. The van der Waals surface area contributed by atoms with Gasteiger partial charge in [-0.15, -0.1) is 0 Å². The maximum Gasteiger partial charge on any atom is 0.260 e. The molecule has 1 aliphatic heterocycles. The number of ether oxygens (including phenoxy) is 2. The first-order chi connectivity index (χ1) is 13.6. The Morgan fingerprint density at radius 2 is 2.18 bits per heavy atom. The number of amides is 1. The van der Waals surface area contributed by atoms with E-state index in [0.717, 1.165) is 48.9 Å². The van der Waals surface area contributed by atoms with Crippen LogP contribution in [0.15, 0.2) is 30.5 Å². The van der Waals surface area contributed by atoms with Crippen LogP contribution in [0.4, 0.5) is 0 Å². The SMILES string of the molecule is COCCn1ccc2c(OCC(=O)N3CC[C@]4(O)CCCC[C@H]4C3)cccc21. The zero-order valence-corrected chi connectivity index (χ0v) is 16.6. The van der Waals surface area contributed by atoms with Crippen LogP contribution in [0.3, 0.4) is 0 Å². The third-order valence-corrected chi connectivity index (χ3v) is 6.44. The van der Waals surface area contributed by atoms with Crippen molar-refractivity contribution in [2.75, 3.05) is 33.4 Å². The van der Waals surface area contributed by atoms with Gasteiger partial charge in [-0.05, 0) is 37.5 Å². The van der Waals surface area contributed by atoms with E-state index < -0.39 is 5.60 Å². The van der Waals surface area contributed by atoms with E-state index in [1.165, 1.54) is 0 Å². The number of likely N-dealkylation sites (tertiary alicyclic amines) is 1. The Kier molecular flexibility index (Phi) is 5.60. The monoisotopic (exact) mass is 386 g/mol. The summed E-state index contributed by atoms with van der Waals surface area (Å²) in [6.07, 6.45) is 6.83. The van der Waals surface area contributed by atoms with E-state index in [4.69, 9.17) is 9.47 Å². The van der Waals surface area contributed by atoms with Crippen molar-refractivity contribution in [2.24, 2.45) is 5.92 Å². The fourth-order valence-corrected chi connectivity index (χ4v) is 4.73. The van der Waals surface area contributed by atoms with E-state index >= 15 is 0 Å². The van der Waals surface area contributed by atoms with Crippen LogP contribution in [-0.2, 0) is 16.1 Å². The first-order valence-electron chi connectivity index (χ1n) is 10.3. The summed E-state index contributed by atoms with van der Waals surface area (Å²) in [5.41, 5.74) is 0.513. The van der Waals surface area contributed by atoms with Gasteiger partial charge in [-0.25, -0.2) is 0 Å². The van der Waals surface area contributed by atoms with Crippen molar-refractivity contribution >= 4 is 16.8 Å². The molecule has 1 saturated carbocycles. The first kappa shape index (κ1) is 19.3. The molecular formula is C22H30N2O4. The Labute approximate surface area is 166 Å². The van der Waals surface area contributed by atoms with Crippen LogP contribution in [0.25, 0.3) is 10.9 Å². The highest BCUT2D eigenvalue weighted by Crippen LogP contribution is 2.39. The van der Waals surface area contributed by atoms with Crippen LogP contribution in [-0.4, -0.2) is 59.5 Å². The molecule has 6 heteroatoms. The summed E-state index contributed by atoms with van der Waals surface area (Å²) >= 11 is 0. The van der Waals surface area contributed by atoms with Crippen LogP contribution in [0.2, 0.25) is 0 Å². The summed E-state index contributed by atoms with van der Waals surface area (Å²) < 4.78 is 13.2. The molecule has 2 atom stereocenters. The highest BCUT2D eigenvalue weighted by Gasteiger charge is 2.43. The third-order valence-electron chi connectivity index (χ3n) is 6.44. The number of hydrogen-bond donors (Lipinski definition) is 1. The first-order valence-corrected chi connectivity index (χ1v) is 10.3.